The normalized spacial score (nSPS) is 28.1. The molecule has 1 heterocycles. The fourth-order valence-electron chi connectivity index (χ4n) is 1.21. The lowest BCUT2D eigenvalue weighted by Gasteiger charge is -2.16. The van der Waals surface area contributed by atoms with E-state index in [9.17, 15) is 9.18 Å². The maximum Gasteiger partial charge on any atom is 0.303 e. The van der Waals surface area contributed by atoms with Crippen LogP contribution in [-0.4, -0.2) is 30.8 Å². The maximum absolute atomic E-state index is 12.9. The number of halogens is 1. The third kappa shape index (κ3) is 6.44. The van der Waals surface area contributed by atoms with Gasteiger partial charge in [0, 0.05) is 19.5 Å². The van der Waals surface area contributed by atoms with Gasteiger partial charge in [-0.15, -0.1) is 0 Å². The van der Waals surface area contributed by atoms with Crippen LogP contribution in [0.1, 0.15) is 41.5 Å². The second-order valence-electron chi connectivity index (χ2n) is 2.79. The van der Waals surface area contributed by atoms with Crippen LogP contribution >= 0.6 is 0 Å². The van der Waals surface area contributed by atoms with Gasteiger partial charge >= 0.3 is 5.97 Å². The van der Waals surface area contributed by atoms with E-state index in [0.717, 1.165) is 0 Å². The van der Waals surface area contributed by atoms with E-state index in [1.165, 1.54) is 6.92 Å². The van der Waals surface area contributed by atoms with Crippen LogP contribution in [0, 0.1) is 0 Å². The zero-order valence-electron chi connectivity index (χ0n) is 10.6. The van der Waals surface area contributed by atoms with Crippen molar-refractivity contribution >= 4 is 5.97 Å². The fraction of sp³-hybridized carbons (Fsp3) is 0.909. The Morgan fingerprint density at radius 3 is 2.07 bits per heavy atom. The summed E-state index contributed by atoms with van der Waals surface area (Å²) in [6.45, 7) is 11.4. The minimum absolute atomic E-state index is 0.0751. The minimum Gasteiger partial charge on any atom is -0.458 e. The average molecular weight is 221 g/mol. The van der Waals surface area contributed by atoms with E-state index in [2.05, 4.69) is 5.32 Å². The summed E-state index contributed by atoms with van der Waals surface area (Å²) < 4.78 is 17.6. The molecular weight excluding hydrogens is 197 g/mol. The Morgan fingerprint density at radius 1 is 1.33 bits per heavy atom. The Balaban J connectivity index is 0. The molecule has 92 valence electrons. The first-order valence-electron chi connectivity index (χ1n) is 5.66. The smallest absolute Gasteiger partial charge is 0.303 e. The molecule has 0 saturated carbocycles. The summed E-state index contributed by atoms with van der Waals surface area (Å²) in [5, 5.41) is 2.87. The number of hydrogen-bond acceptors (Lipinski definition) is 3. The molecule has 1 rings (SSSR count). The van der Waals surface area contributed by atoms with Crippen molar-refractivity contribution in [1.29, 1.82) is 0 Å². The summed E-state index contributed by atoms with van der Waals surface area (Å²) in [5.41, 5.74) is 0. The molecule has 1 aliphatic heterocycles. The molecule has 0 aromatic heterocycles. The van der Waals surface area contributed by atoms with Gasteiger partial charge in [0.15, 0.2) is 6.17 Å². The topological polar surface area (TPSA) is 38.3 Å². The molecule has 15 heavy (non-hydrogen) atoms. The number of carbonyl (C=O) groups is 1. The first-order valence-corrected chi connectivity index (χ1v) is 5.66. The van der Waals surface area contributed by atoms with Gasteiger partial charge in [0.2, 0.25) is 0 Å². The molecule has 1 N–H and O–H groups in total. The van der Waals surface area contributed by atoms with E-state index < -0.39 is 18.2 Å². The van der Waals surface area contributed by atoms with Crippen LogP contribution in [0.2, 0.25) is 0 Å². The number of nitrogens with one attached hydrogen (secondary N) is 1. The molecule has 1 unspecified atom stereocenters. The van der Waals surface area contributed by atoms with Crippen molar-refractivity contribution in [3.05, 3.63) is 0 Å². The highest BCUT2D eigenvalue weighted by molar-refractivity contribution is 5.66. The number of ether oxygens (including phenoxy) is 1. The largest absolute Gasteiger partial charge is 0.458 e. The predicted octanol–water partition coefficient (Wildman–Crippen LogP) is 2.30. The Morgan fingerprint density at radius 2 is 1.80 bits per heavy atom. The highest BCUT2D eigenvalue weighted by Crippen LogP contribution is 2.14. The van der Waals surface area contributed by atoms with Crippen LogP contribution in [0.5, 0.6) is 0 Å². The lowest BCUT2D eigenvalue weighted by molar-refractivity contribution is -0.149. The van der Waals surface area contributed by atoms with Crippen LogP contribution in [0.15, 0.2) is 0 Å². The molecule has 0 aromatic rings. The monoisotopic (exact) mass is 221 g/mol. The summed E-state index contributed by atoms with van der Waals surface area (Å²) in [6.07, 6.45) is -1.67. The lowest BCUT2D eigenvalue weighted by atomic mass is 10.2. The van der Waals surface area contributed by atoms with Crippen molar-refractivity contribution in [2.24, 2.45) is 0 Å². The van der Waals surface area contributed by atoms with Crippen LogP contribution in [0.25, 0.3) is 0 Å². The van der Waals surface area contributed by atoms with Gasteiger partial charge in [0.25, 0.3) is 0 Å². The zero-order chi connectivity index (χ0) is 12.4. The summed E-state index contributed by atoms with van der Waals surface area (Å²) in [7, 11) is 0. The molecular formula is C11H24FNO2. The number of esters is 1. The Labute approximate surface area is 92.4 Å². The van der Waals surface area contributed by atoms with Gasteiger partial charge in [-0.1, -0.05) is 27.7 Å². The first-order chi connectivity index (χ1) is 7.11. The van der Waals surface area contributed by atoms with Crippen molar-refractivity contribution in [3.8, 4) is 0 Å². The number of hydrogen-bond donors (Lipinski definition) is 1. The highest BCUT2D eigenvalue weighted by atomic mass is 19.1. The number of rotatable bonds is 1. The zero-order valence-corrected chi connectivity index (χ0v) is 10.6. The molecule has 1 saturated heterocycles. The summed E-state index contributed by atoms with van der Waals surface area (Å²) in [4.78, 5) is 10.5. The number of carbonyl (C=O) groups excluding carboxylic acids is 1. The maximum atomic E-state index is 12.9. The molecule has 0 amide bonds. The predicted molar refractivity (Wildman–Crippen MR) is 60.6 cm³/mol. The van der Waals surface area contributed by atoms with Crippen molar-refractivity contribution in [1.82, 2.24) is 5.32 Å². The van der Waals surface area contributed by atoms with Gasteiger partial charge < -0.3 is 10.1 Å². The van der Waals surface area contributed by atoms with Gasteiger partial charge in [-0.2, -0.15) is 0 Å². The standard InChI is InChI=1S/C7H12FNO2.2C2H6/c1-4-7(11-5(2)10)6(8)3-9-4;2*1-2/h4,6-7,9H,3H2,1-2H3;2*1-2H3/t4?,6-,7-;;/m0../s1. The van der Waals surface area contributed by atoms with Gasteiger partial charge in [-0.3, -0.25) is 4.79 Å². The molecule has 0 radical (unpaired) electrons. The van der Waals surface area contributed by atoms with Crippen LogP contribution in [0.4, 0.5) is 4.39 Å². The van der Waals surface area contributed by atoms with Crippen molar-refractivity contribution in [3.63, 3.8) is 0 Å². The van der Waals surface area contributed by atoms with Crippen molar-refractivity contribution < 1.29 is 13.9 Å². The molecule has 3 nitrogen and oxygen atoms in total. The second kappa shape index (κ2) is 9.90. The molecule has 0 aliphatic carbocycles. The van der Waals surface area contributed by atoms with E-state index in [1.54, 1.807) is 6.92 Å². The fourth-order valence-corrected chi connectivity index (χ4v) is 1.21. The first kappa shape index (κ1) is 16.8. The highest BCUT2D eigenvalue weighted by Gasteiger charge is 2.35. The second-order valence-corrected chi connectivity index (χ2v) is 2.79. The van der Waals surface area contributed by atoms with Crippen LogP contribution in [0.3, 0.4) is 0 Å². The third-order valence-corrected chi connectivity index (χ3v) is 1.79. The summed E-state index contributed by atoms with van der Waals surface area (Å²) in [5.74, 6) is -0.423. The average Bonchev–Trinajstić information content (AvgIpc) is 2.55. The van der Waals surface area contributed by atoms with Gasteiger partial charge in [-0.05, 0) is 6.92 Å². The lowest BCUT2D eigenvalue weighted by Crippen LogP contribution is -2.33. The molecule has 0 bridgehead atoms. The van der Waals surface area contributed by atoms with E-state index in [1.807, 2.05) is 27.7 Å². The molecule has 3 atom stereocenters. The van der Waals surface area contributed by atoms with Gasteiger partial charge in [0.1, 0.15) is 6.10 Å². The SMILES string of the molecule is CC.CC.CC(=O)O[C@H]1C(C)NC[C@@H]1F. The molecule has 0 spiro atoms. The van der Waals surface area contributed by atoms with Gasteiger partial charge in [0.05, 0.1) is 0 Å². The van der Waals surface area contributed by atoms with Crippen LogP contribution < -0.4 is 5.32 Å². The van der Waals surface area contributed by atoms with E-state index in [-0.39, 0.29) is 12.6 Å². The van der Waals surface area contributed by atoms with Crippen molar-refractivity contribution in [2.45, 2.75) is 59.9 Å². The van der Waals surface area contributed by atoms with Crippen molar-refractivity contribution in [2.75, 3.05) is 6.54 Å². The molecule has 1 fully saturated rings. The Bertz CT molecular complexity index is 155. The molecule has 1 aliphatic rings. The van der Waals surface area contributed by atoms with Crippen LogP contribution in [-0.2, 0) is 9.53 Å². The molecule has 4 heteroatoms. The number of alkyl halides is 1. The summed E-state index contributed by atoms with van der Waals surface area (Å²) >= 11 is 0. The minimum atomic E-state index is -1.06. The molecule has 0 aromatic carbocycles. The quantitative estimate of drug-likeness (QED) is 0.690. The summed E-state index contributed by atoms with van der Waals surface area (Å²) in [6, 6.07) is -0.0751. The van der Waals surface area contributed by atoms with E-state index in [4.69, 9.17) is 4.74 Å². The van der Waals surface area contributed by atoms with E-state index in [0.29, 0.717) is 0 Å². The third-order valence-electron chi connectivity index (χ3n) is 1.79. The Hall–Kier alpha value is -0.640. The van der Waals surface area contributed by atoms with Gasteiger partial charge in [-0.25, -0.2) is 4.39 Å². The van der Waals surface area contributed by atoms with E-state index >= 15 is 0 Å². The Kier molecular flexibility index (Phi) is 11.1.